The summed E-state index contributed by atoms with van der Waals surface area (Å²) in [7, 11) is 0. The molecule has 2 aliphatic heterocycles. The Hall–Kier alpha value is -2.77. The zero-order chi connectivity index (χ0) is 21.4. The van der Waals surface area contributed by atoms with E-state index in [1.54, 1.807) is 18.3 Å². The Morgan fingerprint density at radius 3 is 2.65 bits per heavy atom. The largest absolute Gasteiger partial charge is 0.347 e. The van der Waals surface area contributed by atoms with Crippen LogP contribution in [0.5, 0.6) is 0 Å². The van der Waals surface area contributed by atoms with Crippen LogP contribution >= 0.6 is 0 Å². The number of aromatic nitrogens is 2. The van der Waals surface area contributed by atoms with Gasteiger partial charge in [0.15, 0.2) is 5.79 Å². The molecule has 2 aromatic heterocycles. The first kappa shape index (κ1) is 20.2. The van der Waals surface area contributed by atoms with Crippen molar-refractivity contribution in [1.82, 2.24) is 14.3 Å². The van der Waals surface area contributed by atoms with Gasteiger partial charge in [-0.05, 0) is 30.2 Å². The van der Waals surface area contributed by atoms with E-state index in [2.05, 4.69) is 4.98 Å². The van der Waals surface area contributed by atoms with Crippen LogP contribution in [0.3, 0.4) is 0 Å². The van der Waals surface area contributed by atoms with E-state index >= 15 is 0 Å². The highest BCUT2D eigenvalue weighted by molar-refractivity contribution is 5.78. The number of amides is 1. The number of hydrogen-bond acceptors (Lipinski definition) is 4. The molecule has 6 nitrogen and oxygen atoms in total. The number of carbonyl (C=O) groups excluding carboxylic acids is 1. The maximum atomic E-state index is 14.8. The van der Waals surface area contributed by atoms with Gasteiger partial charge in [0.1, 0.15) is 11.5 Å². The number of ether oxygens (including phenoxy) is 2. The molecule has 4 heterocycles. The van der Waals surface area contributed by atoms with Crippen LogP contribution in [0.15, 0.2) is 48.8 Å². The number of likely N-dealkylation sites (tertiary alicyclic amines) is 1. The molecule has 1 amide bonds. The van der Waals surface area contributed by atoms with Gasteiger partial charge in [-0.15, -0.1) is 0 Å². The van der Waals surface area contributed by atoms with Crippen molar-refractivity contribution in [3.8, 4) is 0 Å². The normalized spacial score (nSPS) is 19.2. The number of benzene rings is 1. The maximum absolute atomic E-state index is 14.8. The molecule has 7 heteroatoms. The monoisotopic (exact) mass is 423 g/mol. The number of piperidine rings is 1. The van der Waals surface area contributed by atoms with Crippen molar-refractivity contribution >= 4 is 11.6 Å². The molecule has 2 fully saturated rings. The Morgan fingerprint density at radius 1 is 1.16 bits per heavy atom. The second-order valence-electron chi connectivity index (χ2n) is 8.33. The lowest BCUT2D eigenvalue weighted by atomic mass is 9.91. The molecule has 1 aromatic carbocycles. The first-order chi connectivity index (χ1) is 15.1. The van der Waals surface area contributed by atoms with Crippen molar-refractivity contribution in [2.24, 2.45) is 0 Å². The van der Waals surface area contributed by atoms with Gasteiger partial charge in [-0.2, -0.15) is 0 Å². The standard InChI is InChI=1S/C24H26FN3O3/c1-17-5-4-10-28-21(16-26-23(17)28)19(18-6-2-3-7-20(18)25)15-22(29)27-11-8-24(9-12-27)30-13-14-31-24/h2-7,10,16,19H,8-9,11-15H2,1H3. The molecule has 31 heavy (non-hydrogen) atoms. The summed E-state index contributed by atoms with van der Waals surface area (Å²) in [6.07, 6.45) is 5.19. The number of nitrogens with zero attached hydrogens (tertiary/aromatic N) is 3. The third kappa shape index (κ3) is 3.72. The van der Waals surface area contributed by atoms with E-state index < -0.39 is 11.7 Å². The van der Waals surface area contributed by atoms with E-state index in [1.165, 1.54) is 6.07 Å². The van der Waals surface area contributed by atoms with Crippen LogP contribution in [0, 0.1) is 12.7 Å². The number of carbonyl (C=O) groups is 1. The fourth-order valence-electron chi connectivity index (χ4n) is 4.75. The molecule has 0 bridgehead atoms. The number of aryl methyl sites for hydroxylation is 1. The summed E-state index contributed by atoms with van der Waals surface area (Å²) in [6, 6.07) is 10.6. The quantitative estimate of drug-likeness (QED) is 0.643. The van der Waals surface area contributed by atoms with Gasteiger partial charge in [-0.3, -0.25) is 4.79 Å². The molecule has 1 atom stereocenters. The van der Waals surface area contributed by atoms with Crippen molar-refractivity contribution in [3.63, 3.8) is 0 Å². The Kier molecular flexibility index (Phi) is 5.24. The summed E-state index contributed by atoms with van der Waals surface area (Å²) in [5.41, 5.74) is 3.18. The summed E-state index contributed by atoms with van der Waals surface area (Å²) >= 11 is 0. The van der Waals surface area contributed by atoms with Crippen molar-refractivity contribution in [3.05, 3.63) is 71.4 Å². The summed E-state index contributed by atoms with van der Waals surface area (Å²) in [5, 5.41) is 0. The fraction of sp³-hybridized carbons (Fsp3) is 0.417. The number of halogens is 1. The van der Waals surface area contributed by atoms with Gasteiger partial charge < -0.3 is 18.8 Å². The van der Waals surface area contributed by atoms with Crippen molar-refractivity contribution in [2.75, 3.05) is 26.3 Å². The molecular weight excluding hydrogens is 397 g/mol. The molecule has 0 radical (unpaired) electrons. The van der Waals surface area contributed by atoms with Gasteiger partial charge in [0.05, 0.1) is 18.9 Å². The summed E-state index contributed by atoms with van der Waals surface area (Å²) in [6.45, 7) is 4.37. The van der Waals surface area contributed by atoms with Crippen molar-refractivity contribution in [2.45, 2.75) is 37.9 Å². The van der Waals surface area contributed by atoms with Crippen LogP contribution in [0.25, 0.3) is 5.65 Å². The minimum absolute atomic E-state index is 0.00343. The number of fused-ring (bicyclic) bond motifs is 1. The molecule has 1 spiro atoms. The van der Waals surface area contributed by atoms with Gasteiger partial charge >= 0.3 is 0 Å². The van der Waals surface area contributed by atoms with E-state index in [1.807, 2.05) is 40.6 Å². The predicted molar refractivity (Wildman–Crippen MR) is 113 cm³/mol. The number of hydrogen-bond donors (Lipinski definition) is 0. The lowest BCUT2D eigenvalue weighted by molar-refractivity contribution is -0.187. The Balaban J connectivity index is 1.43. The molecule has 0 N–H and O–H groups in total. The average Bonchev–Trinajstić information content (AvgIpc) is 3.41. The van der Waals surface area contributed by atoms with Crippen LogP contribution in [0.2, 0.25) is 0 Å². The molecule has 2 aliphatic rings. The molecule has 3 aromatic rings. The number of imidazole rings is 1. The van der Waals surface area contributed by atoms with E-state index in [-0.39, 0.29) is 18.1 Å². The van der Waals surface area contributed by atoms with Crippen LogP contribution in [0.1, 0.15) is 42.0 Å². The Bertz CT molecular complexity index is 1100. The summed E-state index contributed by atoms with van der Waals surface area (Å²) < 4.78 is 28.3. The highest BCUT2D eigenvalue weighted by Crippen LogP contribution is 2.34. The Labute approximate surface area is 180 Å². The fourth-order valence-corrected chi connectivity index (χ4v) is 4.75. The third-order valence-corrected chi connectivity index (χ3v) is 6.47. The zero-order valence-corrected chi connectivity index (χ0v) is 17.6. The molecule has 0 saturated carbocycles. The minimum Gasteiger partial charge on any atom is -0.347 e. The van der Waals surface area contributed by atoms with E-state index in [0.717, 1.165) is 16.9 Å². The number of rotatable bonds is 4. The van der Waals surface area contributed by atoms with E-state index in [4.69, 9.17) is 9.47 Å². The second kappa shape index (κ2) is 8.05. The first-order valence-electron chi connectivity index (χ1n) is 10.8. The van der Waals surface area contributed by atoms with Crippen LogP contribution in [-0.2, 0) is 14.3 Å². The smallest absolute Gasteiger partial charge is 0.223 e. The van der Waals surface area contributed by atoms with Crippen LogP contribution in [-0.4, -0.2) is 52.3 Å². The van der Waals surface area contributed by atoms with Crippen molar-refractivity contribution in [1.29, 1.82) is 0 Å². The molecule has 0 aliphatic carbocycles. The zero-order valence-electron chi connectivity index (χ0n) is 17.6. The third-order valence-electron chi connectivity index (χ3n) is 6.47. The molecule has 1 unspecified atom stereocenters. The first-order valence-corrected chi connectivity index (χ1v) is 10.8. The summed E-state index contributed by atoms with van der Waals surface area (Å²) in [4.78, 5) is 19.7. The van der Waals surface area contributed by atoms with Gasteiger partial charge in [0, 0.05) is 50.7 Å². The molecule has 2 saturated heterocycles. The van der Waals surface area contributed by atoms with E-state index in [0.29, 0.717) is 44.7 Å². The Morgan fingerprint density at radius 2 is 1.90 bits per heavy atom. The van der Waals surface area contributed by atoms with Crippen LogP contribution in [0.4, 0.5) is 4.39 Å². The highest BCUT2D eigenvalue weighted by atomic mass is 19.1. The van der Waals surface area contributed by atoms with Crippen molar-refractivity contribution < 1.29 is 18.7 Å². The van der Waals surface area contributed by atoms with Gasteiger partial charge in [-0.1, -0.05) is 24.3 Å². The average molecular weight is 423 g/mol. The molecule has 162 valence electrons. The van der Waals surface area contributed by atoms with Gasteiger partial charge in [0.25, 0.3) is 0 Å². The molecular formula is C24H26FN3O3. The predicted octanol–water partition coefficient (Wildman–Crippen LogP) is 3.67. The van der Waals surface area contributed by atoms with Crippen LogP contribution < -0.4 is 0 Å². The number of pyridine rings is 1. The highest BCUT2D eigenvalue weighted by Gasteiger charge is 2.41. The molecule has 5 rings (SSSR count). The lowest BCUT2D eigenvalue weighted by Gasteiger charge is -2.38. The van der Waals surface area contributed by atoms with E-state index in [9.17, 15) is 9.18 Å². The SMILES string of the molecule is Cc1cccn2c(C(CC(=O)N3CCC4(CC3)OCCO4)c3ccccc3F)cnc12. The minimum atomic E-state index is -0.527. The van der Waals surface area contributed by atoms with Gasteiger partial charge in [-0.25, -0.2) is 9.37 Å². The summed E-state index contributed by atoms with van der Waals surface area (Å²) in [5.74, 6) is -1.27. The second-order valence-corrected chi connectivity index (χ2v) is 8.33. The maximum Gasteiger partial charge on any atom is 0.223 e. The lowest BCUT2D eigenvalue weighted by Crippen LogP contribution is -2.47. The topological polar surface area (TPSA) is 56.1 Å². The van der Waals surface area contributed by atoms with Gasteiger partial charge in [0.2, 0.25) is 5.91 Å².